The largest absolute Gasteiger partial charge is 0.371 e. The van der Waals surface area contributed by atoms with Crippen LogP contribution in [0.25, 0.3) is 0 Å². The van der Waals surface area contributed by atoms with Crippen molar-refractivity contribution in [1.29, 1.82) is 0 Å². The van der Waals surface area contributed by atoms with Gasteiger partial charge in [0.25, 0.3) is 0 Å². The third kappa shape index (κ3) is 3.32. The molecule has 1 saturated heterocycles. The molecular weight excluding hydrogens is 300 g/mol. The molecule has 1 unspecified atom stereocenters. The number of anilines is 1. The number of hydrogen-bond acceptors (Lipinski definition) is 2. The third-order valence-electron chi connectivity index (χ3n) is 4.47. The van der Waals surface area contributed by atoms with E-state index in [4.69, 9.17) is 5.73 Å². The number of rotatable bonds is 3. The highest BCUT2D eigenvalue weighted by atomic mass is 79.9. The zero-order chi connectivity index (χ0) is 14.0. The second kappa shape index (κ2) is 5.84. The van der Waals surface area contributed by atoms with Gasteiger partial charge in [-0.15, -0.1) is 0 Å². The number of hydrogen-bond donors (Lipinski definition) is 1. The van der Waals surface area contributed by atoms with Gasteiger partial charge in [-0.2, -0.15) is 0 Å². The van der Waals surface area contributed by atoms with Crippen molar-refractivity contribution in [2.24, 2.45) is 17.1 Å². The molecule has 3 heteroatoms. The SMILES string of the molecule is Cc1cc(Br)ccc1N1CCC(CCN)C(C)(C)C1. The summed E-state index contributed by atoms with van der Waals surface area (Å²) in [5.74, 6) is 0.754. The maximum atomic E-state index is 5.75. The van der Waals surface area contributed by atoms with Crippen molar-refractivity contribution in [3.8, 4) is 0 Å². The second-order valence-electron chi connectivity index (χ2n) is 6.40. The van der Waals surface area contributed by atoms with Gasteiger partial charge in [0, 0.05) is 23.2 Å². The summed E-state index contributed by atoms with van der Waals surface area (Å²) in [4.78, 5) is 2.54. The highest BCUT2D eigenvalue weighted by Crippen LogP contribution is 2.39. The molecule has 2 N–H and O–H groups in total. The molecule has 0 spiro atoms. The first-order valence-corrected chi connectivity index (χ1v) is 7.94. The van der Waals surface area contributed by atoms with Crippen LogP contribution in [0.2, 0.25) is 0 Å². The quantitative estimate of drug-likeness (QED) is 0.911. The average Bonchev–Trinajstić information content (AvgIpc) is 2.31. The Balaban J connectivity index is 2.16. The van der Waals surface area contributed by atoms with Crippen molar-refractivity contribution in [2.75, 3.05) is 24.5 Å². The lowest BCUT2D eigenvalue weighted by Gasteiger charge is -2.46. The molecule has 2 rings (SSSR count). The van der Waals surface area contributed by atoms with E-state index < -0.39 is 0 Å². The molecule has 1 aliphatic heterocycles. The molecule has 19 heavy (non-hydrogen) atoms. The fourth-order valence-corrected chi connectivity index (χ4v) is 3.79. The molecule has 0 aromatic heterocycles. The van der Waals surface area contributed by atoms with Gasteiger partial charge < -0.3 is 10.6 Å². The molecule has 1 atom stereocenters. The van der Waals surface area contributed by atoms with Gasteiger partial charge in [-0.3, -0.25) is 0 Å². The van der Waals surface area contributed by atoms with E-state index in [0.29, 0.717) is 5.41 Å². The Morgan fingerprint density at radius 3 is 2.74 bits per heavy atom. The number of nitrogens with zero attached hydrogens (tertiary/aromatic N) is 1. The van der Waals surface area contributed by atoms with E-state index in [9.17, 15) is 0 Å². The molecule has 0 saturated carbocycles. The zero-order valence-corrected chi connectivity index (χ0v) is 13.8. The van der Waals surface area contributed by atoms with Gasteiger partial charge in [0.1, 0.15) is 0 Å². The number of halogens is 1. The van der Waals surface area contributed by atoms with Gasteiger partial charge in [0.15, 0.2) is 0 Å². The first-order valence-electron chi connectivity index (χ1n) is 7.15. The molecule has 1 fully saturated rings. The summed E-state index contributed by atoms with van der Waals surface area (Å²) in [7, 11) is 0. The Labute approximate surface area is 125 Å². The first kappa shape index (κ1) is 14.9. The van der Waals surface area contributed by atoms with Crippen molar-refractivity contribution >= 4 is 21.6 Å². The van der Waals surface area contributed by atoms with Crippen LogP contribution in [-0.2, 0) is 0 Å². The lowest BCUT2D eigenvalue weighted by atomic mass is 9.72. The number of benzene rings is 1. The van der Waals surface area contributed by atoms with E-state index in [1.165, 1.54) is 17.7 Å². The van der Waals surface area contributed by atoms with Gasteiger partial charge in [0.2, 0.25) is 0 Å². The minimum atomic E-state index is 0.344. The Morgan fingerprint density at radius 1 is 1.42 bits per heavy atom. The highest BCUT2D eigenvalue weighted by Gasteiger charge is 2.35. The average molecular weight is 325 g/mol. The minimum absolute atomic E-state index is 0.344. The van der Waals surface area contributed by atoms with E-state index in [2.05, 4.69) is 59.8 Å². The van der Waals surface area contributed by atoms with Crippen LogP contribution < -0.4 is 10.6 Å². The van der Waals surface area contributed by atoms with Crippen LogP contribution in [0.5, 0.6) is 0 Å². The summed E-state index contributed by atoms with van der Waals surface area (Å²) in [6.07, 6.45) is 2.40. The Bertz CT molecular complexity index is 442. The third-order valence-corrected chi connectivity index (χ3v) is 4.96. The smallest absolute Gasteiger partial charge is 0.0396 e. The standard InChI is InChI=1S/C16H25BrN2/c1-12-10-14(17)4-5-15(12)19-9-7-13(6-8-18)16(2,3)11-19/h4-5,10,13H,6-9,11,18H2,1-3H3. The molecule has 0 bridgehead atoms. The Morgan fingerprint density at radius 2 is 2.16 bits per heavy atom. The molecular formula is C16H25BrN2. The first-order chi connectivity index (χ1) is 8.94. The zero-order valence-electron chi connectivity index (χ0n) is 12.2. The molecule has 0 aliphatic carbocycles. The van der Waals surface area contributed by atoms with Gasteiger partial charge in [-0.25, -0.2) is 0 Å². The fourth-order valence-electron chi connectivity index (χ4n) is 3.32. The van der Waals surface area contributed by atoms with Gasteiger partial charge in [-0.05, 0) is 61.4 Å². The van der Waals surface area contributed by atoms with Crippen LogP contribution in [0.15, 0.2) is 22.7 Å². The van der Waals surface area contributed by atoms with Gasteiger partial charge in [-0.1, -0.05) is 29.8 Å². The van der Waals surface area contributed by atoms with Crippen LogP contribution in [-0.4, -0.2) is 19.6 Å². The van der Waals surface area contributed by atoms with E-state index in [1.54, 1.807) is 0 Å². The molecule has 0 amide bonds. The number of nitrogens with two attached hydrogens (primary N) is 1. The van der Waals surface area contributed by atoms with Crippen molar-refractivity contribution < 1.29 is 0 Å². The van der Waals surface area contributed by atoms with Crippen molar-refractivity contribution in [3.05, 3.63) is 28.2 Å². The minimum Gasteiger partial charge on any atom is -0.371 e. The maximum absolute atomic E-state index is 5.75. The highest BCUT2D eigenvalue weighted by molar-refractivity contribution is 9.10. The summed E-state index contributed by atoms with van der Waals surface area (Å²) in [6, 6.07) is 6.58. The lowest BCUT2D eigenvalue weighted by Crippen LogP contribution is -2.46. The van der Waals surface area contributed by atoms with E-state index in [-0.39, 0.29) is 0 Å². The van der Waals surface area contributed by atoms with E-state index >= 15 is 0 Å². The Kier molecular flexibility index (Phi) is 4.57. The van der Waals surface area contributed by atoms with Crippen molar-refractivity contribution in [3.63, 3.8) is 0 Å². The molecule has 0 radical (unpaired) electrons. The summed E-state index contributed by atoms with van der Waals surface area (Å²) in [5, 5.41) is 0. The number of aryl methyl sites for hydroxylation is 1. The van der Waals surface area contributed by atoms with Crippen LogP contribution in [0.3, 0.4) is 0 Å². The predicted molar refractivity (Wildman–Crippen MR) is 86.7 cm³/mol. The topological polar surface area (TPSA) is 29.3 Å². The molecule has 106 valence electrons. The van der Waals surface area contributed by atoms with Crippen LogP contribution in [0.1, 0.15) is 32.3 Å². The molecule has 1 aliphatic rings. The summed E-state index contributed by atoms with van der Waals surface area (Å²) in [5.41, 5.74) is 8.82. The monoisotopic (exact) mass is 324 g/mol. The van der Waals surface area contributed by atoms with Crippen molar-refractivity contribution in [2.45, 2.75) is 33.6 Å². The summed E-state index contributed by atoms with van der Waals surface area (Å²) >= 11 is 3.54. The summed E-state index contributed by atoms with van der Waals surface area (Å²) < 4.78 is 1.16. The molecule has 1 aromatic carbocycles. The van der Waals surface area contributed by atoms with Crippen LogP contribution >= 0.6 is 15.9 Å². The Hall–Kier alpha value is -0.540. The maximum Gasteiger partial charge on any atom is 0.0396 e. The van der Waals surface area contributed by atoms with Crippen molar-refractivity contribution in [1.82, 2.24) is 0 Å². The normalized spacial score (nSPS) is 22.6. The lowest BCUT2D eigenvalue weighted by molar-refractivity contribution is 0.167. The predicted octanol–water partition coefficient (Wildman–Crippen LogP) is 3.96. The molecule has 2 nitrogen and oxygen atoms in total. The fraction of sp³-hybridized carbons (Fsp3) is 0.625. The van der Waals surface area contributed by atoms with E-state index in [1.807, 2.05) is 0 Å². The second-order valence-corrected chi connectivity index (χ2v) is 7.32. The summed E-state index contributed by atoms with van der Waals surface area (Å²) in [6.45, 7) is 10.0. The van der Waals surface area contributed by atoms with Crippen LogP contribution in [0, 0.1) is 18.3 Å². The molecule has 1 heterocycles. The molecule has 1 aromatic rings. The van der Waals surface area contributed by atoms with Gasteiger partial charge in [0.05, 0.1) is 0 Å². The van der Waals surface area contributed by atoms with E-state index in [0.717, 1.165) is 36.4 Å². The van der Waals surface area contributed by atoms with Gasteiger partial charge >= 0.3 is 0 Å². The number of piperidine rings is 1. The van der Waals surface area contributed by atoms with Crippen LogP contribution in [0.4, 0.5) is 5.69 Å².